The van der Waals surface area contributed by atoms with Gasteiger partial charge in [-0.15, -0.1) is 0 Å². The summed E-state index contributed by atoms with van der Waals surface area (Å²) in [5.41, 5.74) is 0.616. The smallest absolute Gasteiger partial charge is 0.257 e. The number of aromatic nitrogens is 1. The van der Waals surface area contributed by atoms with Gasteiger partial charge in [-0.2, -0.15) is 0 Å². The van der Waals surface area contributed by atoms with Crippen LogP contribution in [-0.4, -0.2) is 47.6 Å². The number of benzene rings is 2. The van der Waals surface area contributed by atoms with Gasteiger partial charge in [-0.3, -0.25) is 15.0 Å². The minimum atomic E-state index is -0.731. The molecule has 10 heteroatoms. The van der Waals surface area contributed by atoms with Crippen LogP contribution in [0, 0.1) is 11.2 Å². The van der Waals surface area contributed by atoms with E-state index in [-0.39, 0.29) is 53.0 Å². The number of nitrogens with zero attached hydrogens (tertiary/aromatic N) is 2. The Hall–Kier alpha value is -3.49. The highest BCUT2D eigenvalue weighted by molar-refractivity contribution is 6.31. The second-order valence-electron chi connectivity index (χ2n) is 8.29. The average Bonchev–Trinajstić information content (AvgIpc) is 3.40. The standard InChI is InChI=1S/C26H23Cl2FN4O3.CH4/c1-36-23-12-17(28)11-20(26(35)32-24-7-5-16(27)14-31-24)19(23)13-22(34)18-6-4-15(10-21(18)29)25(30)33-8-2-3-9-33;/h4-7,10-12,14,30H,2-3,8-9,13H2,1H3,(H,31,32,35);1H4. The molecule has 1 aromatic heterocycles. The van der Waals surface area contributed by atoms with Crippen LogP contribution in [0.2, 0.25) is 10.0 Å². The van der Waals surface area contributed by atoms with E-state index >= 15 is 0 Å². The van der Waals surface area contributed by atoms with Crippen molar-refractivity contribution in [3.05, 3.63) is 86.8 Å². The van der Waals surface area contributed by atoms with Gasteiger partial charge in [-0.1, -0.05) is 36.7 Å². The van der Waals surface area contributed by atoms with Gasteiger partial charge in [0.1, 0.15) is 23.2 Å². The first-order valence-corrected chi connectivity index (χ1v) is 12.0. The quantitative estimate of drug-likeness (QED) is 0.207. The molecule has 2 N–H and O–H groups in total. The number of pyridine rings is 1. The van der Waals surface area contributed by atoms with E-state index in [4.69, 9.17) is 33.3 Å². The predicted molar refractivity (Wildman–Crippen MR) is 144 cm³/mol. The Kier molecular flexibility index (Phi) is 9.23. The van der Waals surface area contributed by atoms with Gasteiger partial charge in [0.05, 0.1) is 17.7 Å². The number of carbonyl (C=O) groups is 2. The first-order chi connectivity index (χ1) is 17.3. The fraction of sp³-hybridized carbons (Fsp3) is 0.259. The fourth-order valence-corrected chi connectivity index (χ4v) is 4.40. The van der Waals surface area contributed by atoms with Crippen LogP contribution >= 0.6 is 23.2 Å². The van der Waals surface area contributed by atoms with Crippen LogP contribution in [-0.2, 0) is 6.42 Å². The third kappa shape index (κ3) is 6.45. The molecule has 1 aliphatic heterocycles. The topological polar surface area (TPSA) is 95.4 Å². The van der Waals surface area contributed by atoms with Crippen molar-refractivity contribution in [2.75, 3.05) is 25.5 Å². The Balaban J connectivity index is 0.00000380. The summed E-state index contributed by atoms with van der Waals surface area (Å²) < 4.78 is 20.4. The molecule has 1 aliphatic rings. The van der Waals surface area contributed by atoms with E-state index in [2.05, 4.69) is 10.3 Å². The van der Waals surface area contributed by atoms with Gasteiger partial charge in [-0.05, 0) is 49.2 Å². The average molecular weight is 545 g/mol. The lowest BCUT2D eigenvalue weighted by molar-refractivity contribution is 0.0987. The maximum absolute atomic E-state index is 15.0. The van der Waals surface area contributed by atoms with Crippen LogP contribution in [0.3, 0.4) is 0 Å². The Labute approximate surface area is 225 Å². The number of amides is 1. The molecule has 2 aromatic carbocycles. The molecule has 37 heavy (non-hydrogen) atoms. The number of nitrogens with one attached hydrogen (secondary N) is 2. The van der Waals surface area contributed by atoms with Crippen LogP contribution in [0.1, 0.15) is 52.1 Å². The molecule has 0 atom stereocenters. The van der Waals surface area contributed by atoms with E-state index < -0.39 is 17.5 Å². The van der Waals surface area contributed by atoms with Crippen molar-refractivity contribution in [2.24, 2.45) is 0 Å². The van der Waals surface area contributed by atoms with Crippen LogP contribution < -0.4 is 10.1 Å². The first-order valence-electron chi connectivity index (χ1n) is 11.2. The van der Waals surface area contributed by atoms with Gasteiger partial charge in [0.25, 0.3) is 5.91 Å². The highest BCUT2D eigenvalue weighted by Crippen LogP contribution is 2.30. The molecule has 1 amide bonds. The van der Waals surface area contributed by atoms with Crippen molar-refractivity contribution in [1.82, 2.24) is 9.88 Å². The van der Waals surface area contributed by atoms with Gasteiger partial charge in [0, 0.05) is 47.4 Å². The summed E-state index contributed by atoms with van der Waals surface area (Å²) in [6.45, 7) is 1.52. The number of methoxy groups -OCH3 is 1. The van der Waals surface area contributed by atoms with Crippen molar-refractivity contribution in [1.29, 1.82) is 5.41 Å². The van der Waals surface area contributed by atoms with Crippen LogP contribution in [0.15, 0.2) is 48.7 Å². The van der Waals surface area contributed by atoms with Crippen molar-refractivity contribution in [3.63, 3.8) is 0 Å². The van der Waals surface area contributed by atoms with E-state index in [1.54, 1.807) is 12.1 Å². The Morgan fingerprint density at radius 3 is 2.43 bits per heavy atom. The number of ether oxygens (including phenoxy) is 1. The number of halogens is 3. The summed E-state index contributed by atoms with van der Waals surface area (Å²) in [7, 11) is 1.39. The molecule has 0 spiro atoms. The normalized spacial score (nSPS) is 12.6. The molecular weight excluding hydrogens is 518 g/mol. The lowest BCUT2D eigenvalue weighted by Crippen LogP contribution is -2.27. The minimum absolute atomic E-state index is 0. The van der Waals surface area contributed by atoms with Crippen molar-refractivity contribution >= 4 is 46.5 Å². The lowest BCUT2D eigenvalue weighted by atomic mass is 9.96. The van der Waals surface area contributed by atoms with E-state index in [0.29, 0.717) is 10.6 Å². The maximum atomic E-state index is 15.0. The molecular formula is C27H27Cl2FN4O3. The lowest BCUT2D eigenvalue weighted by Gasteiger charge is -2.19. The Morgan fingerprint density at radius 2 is 1.81 bits per heavy atom. The van der Waals surface area contributed by atoms with Crippen LogP contribution in [0.25, 0.3) is 0 Å². The number of rotatable bonds is 7. The third-order valence-corrected chi connectivity index (χ3v) is 6.35. The largest absolute Gasteiger partial charge is 0.496 e. The molecule has 7 nitrogen and oxygen atoms in total. The SMILES string of the molecule is C.COc1cc(Cl)cc(C(=O)Nc2ccc(Cl)cn2)c1CC(=O)c1ccc(C(=N)N2CCCC2)cc1F. The van der Waals surface area contributed by atoms with Crippen LogP contribution in [0.4, 0.5) is 10.2 Å². The number of amidine groups is 1. The zero-order valence-corrected chi connectivity index (χ0v) is 20.9. The molecule has 3 aromatic rings. The van der Waals surface area contributed by atoms with Gasteiger partial charge < -0.3 is 15.0 Å². The summed E-state index contributed by atoms with van der Waals surface area (Å²) in [6.07, 6.45) is 3.07. The fourth-order valence-electron chi connectivity index (χ4n) is 4.08. The van der Waals surface area contributed by atoms with Gasteiger partial charge in [-0.25, -0.2) is 9.37 Å². The molecule has 0 aliphatic carbocycles. The number of anilines is 1. The van der Waals surface area contributed by atoms with Gasteiger partial charge in [0.2, 0.25) is 0 Å². The number of ketones is 1. The molecule has 2 heterocycles. The molecule has 0 bridgehead atoms. The van der Waals surface area contributed by atoms with Crippen molar-refractivity contribution < 1.29 is 18.7 Å². The molecule has 0 radical (unpaired) electrons. The monoisotopic (exact) mass is 544 g/mol. The predicted octanol–water partition coefficient (Wildman–Crippen LogP) is 6.27. The second kappa shape index (κ2) is 12.2. The summed E-state index contributed by atoms with van der Waals surface area (Å²) in [5, 5.41) is 11.6. The zero-order chi connectivity index (χ0) is 25.8. The van der Waals surface area contributed by atoms with Gasteiger partial charge in [0.15, 0.2) is 5.78 Å². The van der Waals surface area contributed by atoms with E-state index in [1.165, 1.54) is 43.6 Å². The van der Waals surface area contributed by atoms with Crippen molar-refractivity contribution in [2.45, 2.75) is 26.7 Å². The molecule has 1 fully saturated rings. The molecule has 1 saturated heterocycles. The van der Waals surface area contributed by atoms with E-state index in [0.717, 1.165) is 25.9 Å². The van der Waals surface area contributed by atoms with Gasteiger partial charge >= 0.3 is 0 Å². The number of carbonyl (C=O) groups excluding carboxylic acids is 2. The molecule has 0 saturated carbocycles. The second-order valence-corrected chi connectivity index (χ2v) is 9.16. The summed E-state index contributed by atoms with van der Waals surface area (Å²) >= 11 is 12.0. The van der Waals surface area contributed by atoms with Crippen LogP contribution in [0.5, 0.6) is 5.75 Å². The number of likely N-dealkylation sites (tertiary alicyclic amines) is 1. The minimum Gasteiger partial charge on any atom is -0.496 e. The van der Waals surface area contributed by atoms with E-state index in [1.807, 2.05) is 4.90 Å². The molecule has 0 unspecified atom stereocenters. The first kappa shape index (κ1) is 28.1. The third-order valence-electron chi connectivity index (χ3n) is 5.91. The number of hydrogen-bond acceptors (Lipinski definition) is 5. The Morgan fingerprint density at radius 1 is 1.08 bits per heavy atom. The number of hydrogen-bond donors (Lipinski definition) is 2. The highest BCUT2D eigenvalue weighted by Gasteiger charge is 2.24. The van der Waals surface area contributed by atoms with E-state index in [9.17, 15) is 14.0 Å². The summed E-state index contributed by atoms with van der Waals surface area (Å²) in [6, 6.07) is 10.1. The summed E-state index contributed by atoms with van der Waals surface area (Å²) in [5.74, 6) is -1.14. The maximum Gasteiger partial charge on any atom is 0.257 e. The number of Topliss-reactive ketones (excluding diaryl/α,β-unsaturated/α-hetero) is 1. The zero-order valence-electron chi connectivity index (χ0n) is 19.4. The molecule has 194 valence electrons. The summed E-state index contributed by atoms with van der Waals surface area (Å²) in [4.78, 5) is 32.1. The molecule has 4 rings (SSSR count). The van der Waals surface area contributed by atoms with Crippen molar-refractivity contribution in [3.8, 4) is 5.75 Å². The highest BCUT2D eigenvalue weighted by atomic mass is 35.5. The Bertz CT molecular complexity index is 1330.